The van der Waals surface area contributed by atoms with Gasteiger partial charge < -0.3 is 10.5 Å². The first-order valence-electron chi connectivity index (χ1n) is 6.51. The van der Waals surface area contributed by atoms with E-state index in [0.717, 1.165) is 22.7 Å². The third-order valence-electron chi connectivity index (χ3n) is 2.93. The van der Waals surface area contributed by atoms with Crippen molar-refractivity contribution in [2.45, 2.75) is 20.0 Å². The number of nitrogens with zero attached hydrogens (tertiary/aromatic N) is 2. The van der Waals surface area contributed by atoms with Gasteiger partial charge in [-0.05, 0) is 43.3 Å². The molecule has 102 valence electrons. The average molecular weight is 267 g/mol. The van der Waals surface area contributed by atoms with Crippen molar-refractivity contribution in [3.63, 3.8) is 0 Å². The van der Waals surface area contributed by atoms with Crippen molar-refractivity contribution in [2.24, 2.45) is 5.73 Å². The van der Waals surface area contributed by atoms with Crippen LogP contribution in [-0.4, -0.2) is 11.5 Å². The van der Waals surface area contributed by atoms with E-state index in [2.05, 4.69) is 11.1 Å². The maximum Gasteiger partial charge on any atom is 0.141 e. The summed E-state index contributed by atoms with van der Waals surface area (Å²) in [6.45, 7) is 2.95. The number of pyridine rings is 1. The van der Waals surface area contributed by atoms with Gasteiger partial charge in [-0.25, -0.2) is 0 Å². The molecule has 20 heavy (non-hydrogen) atoms. The molecule has 4 heteroatoms. The highest BCUT2D eigenvalue weighted by Gasteiger charge is 2.05. The molecule has 0 aliphatic rings. The zero-order valence-corrected chi connectivity index (χ0v) is 11.5. The first-order valence-corrected chi connectivity index (χ1v) is 6.51. The molecule has 0 atom stereocenters. The van der Waals surface area contributed by atoms with Gasteiger partial charge in [-0.1, -0.05) is 12.1 Å². The fraction of sp³-hybridized carbons (Fsp3) is 0.250. The summed E-state index contributed by atoms with van der Waals surface area (Å²) in [5, 5.41) is 8.76. The van der Waals surface area contributed by atoms with Crippen LogP contribution in [0, 0.1) is 18.3 Å². The Morgan fingerprint density at radius 3 is 2.60 bits per heavy atom. The van der Waals surface area contributed by atoms with Crippen LogP contribution in [0.25, 0.3) is 0 Å². The molecule has 0 aliphatic carbocycles. The number of ether oxygens (including phenoxy) is 1. The zero-order valence-electron chi connectivity index (χ0n) is 11.5. The van der Waals surface area contributed by atoms with Gasteiger partial charge in [0.2, 0.25) is 0 Å². The van der Waals surface area contributed by atoms with E-state index in [-0.39, 0.29) is 0 Å². The number of hydrogen-bond acceptors (Lipinski definition) is 4. The predicted molar refractivity (Wildman–Crippen MR) is 77.2 cm³/mol. The van der Waals surface area contributed by atoms with Crippen LogP contribution in [0.15, 0.2) is 36.4 Å². The lowest BCUT2D eigenvalue weighted by atomic mass is 10.1. The molecule has 0 unspecified atom stereocenters. The molecule has 2 rings (SSSR count). The van der Waals surface area contributed by atoms with Gasteiger partial charge in [-0.15, -0.1) is 0 Å². The number of nitriles is 1. The normalized spacial score (nSPS) is 10.1. The summed E-state index contributed by atoms with van der Waals surface area (Å²) in [7, 11) is 0. The Balaban J connectivity index is 2.08. The molecule has 1 aromatic carbocycles. The number of aryl methyl sites for hydroxylation is 1. The van der Waals surface area contributed by atoms with Crippen LogP contribution < -0.4 is 10.5 Å². The number of rotatable bonds is 5. The van der Waals surface area contributed by atoms with E-state index in [1.165, 1.54) is 0 Å². The predicted octanol–water partition coefficient (Wildman–Crippen LogP) is 2.34. The third kappa shape index (κ3) is 3.56. The van der Waals surface area contributed by atoms with Crippen LogP contribution in [0.2, 0.25) is 0 Å². The van der Waals surface area contributed by atoms with Crippen LogP contribution >= 0.6 is 0 Å². The highest BCUT2D eigenvalue weighted by atomic mass is 16.5. The molecule has 0 aliphatic heterocycles. The van der Waals surface area contributed by atoms with Crippen molar-refractivity contribution in [1.82, 2.24) is 4.98 Å². The van der Waals surface area contributed by atoms with Crippen LogP contribution in [-0.2, 0) is 13.0 Å². The first kappa shape index (κ1) is 14.0. The van der Waals surface area contributed by atoms with Crippen LogP contribution in [0.5, 0.6) is 5.75 Å². The van der Waals surface area contributed by atoms with E-state index in [4.69, 9.17) is 15.7 Å². The zero-order chi connectivity index (χ0) is 14.4. The highest BCUT2D eigenvalue weighted by molar-refractivity contribution is 5.33. The van der Waals surface area contributed by atoms with Gasteiger partial charge >= 0.3 is 0 Å². The van der Waals surface area contributed by atoms with Gasteiger partial charge in [0.25, 0.3) is 0 Å². The molecule has 0 fully saturated rings. The minimum absolute atomic E-state index is 0.452. The Morgan fingerprint density at radius 1 is 1.20 bits per heavy atom. The standard InChI is InChI=1S/C16H17N3O/c1-12-2-7-16(15(19-12)8-9-17)20-11-14-5-3-13(10-18)4-6-14/h2-7H,8-9,11,17H2,1H3. The second-order valence-electron chi connectivity index (χ2n) is 4.53. The molecule has 1 heterocycles. The summed E-state index contributed by atoms with van der Waals surface area (Å²) in [6.07, 6.45) is 0.699. The summed E-state index contributed by atoms with van der Waals surface area (Å²) < 4.78 is 5.80. The molecule has 0 radical (unpaired) electrons. The van der Waals surface area contributed by atoms with Crippen LogP contribution in [0.1, 0.15) is 22.5 Å². The Morgan fingerprint density at radius 2 is 1.95 bits per heavy atom. The maximum absolute atomic E-state index is 8.76. The summed E-state index contributed by atoms with van der Waals surface area (Å²) in [4.78, 5) is 4.45. The first-order chi connectivity index (χ1) is 9.72. The van der Waals surface area contributed by atoms with E-state index >= 15 is 0 Å². The highest BCUT2D eigenvalue weighted by Crippen LogP contribution is 2.19. The van der Waals surface area contributed by atoms with E-state index in [1.807, 2.05) is 31.2 Å². The van der Waals surface area contributed by atoms with Gasteiger partial charge in [-0.2, -0.15) is 5.26 Å². The Bertz CT molecular complexity index is 615. The molecule has 0 saturated heterocycles. The molecule has 2 N–H and O–H groups in total. The van der Waals surface area contributed by atoms with Gasteiger partial charge in [0.05, 0.1) is 17.3 Å². The van der Waals surface area contributed by atoms with Gasteiger partial charge in [-0.3, -0.25) is 4.98 Å². The van der Waals surface area contributed by atoms with Crippen molar-refractivity contribution >= 4 is 0 Å². The van der Waals surface area contributed by atoms with Crippen molar-refractivity contribution in [2.75, 3.05) is 6.54 Å². The number of aromatic nitrogens is 1. The summed E-state index contributed by atoms with van der Waals surface area (Å²) in [6, 6.07) is 13.3. The lowest BCUT2D eigenvalue weighted by Gasteiger charge is -2.11. The second kappa shape index (κ2) is 6.69. The largest absolute Gasteiger partial charge is 0.487 e. The number of benzene rings is 1. The molecule has 1 aromatic heterocycles. The molecule has 2 aromatic rings. The SMILES string of the molecule is Cc1ccc(OCc2ccc(C#N)cc2)c(CCN)n1. The Hall–Kier alpha value is -2.38. The van der Waals surface area contributed by atoms with Gasteiger partial charge in [0.15, 0.2) is 0 Å². The molecule has 0 spiro atoms. The minimum Gasteiger partial charge on any atom is -0.487 e. The van der Waals surface area contributed by atoms with E-state index < -0.39 is 0 Å². The lowest BCUT2D eigenvalue weighted by molar-refractivity contribution is 0.301. The molecule has 4 nitrogen and oxygen atoms in total. The third-order valence-corrected chi connectivity index (χ3v) is 2.93. The fourth-order valence-corrected chi connectivity index (χ4v) is 1.88. The number of nitrogens with two attached hydrogens (primary N) is 1. The molecule has 0 amide bonds. The maximum atomic E-state index is 8.76. The van der Waals surface area contributed by atoms with Gasteiger partial charge in [0.1, 0.15) is 12.4 Å². The minimum atomic E-state index is 0.452. The van der Waals surface area contributed by atoms with Crippen molar-refractivity contribution in [1.29, 1.82) is 5.26 Å². The van der Waals surface area contributed by atoms with Crippen molar-refractivity contribution in [3.05, 3.63) is 58.9 Å². The van der Waals surface area contributed by atoms with E-state index in [0.29, 0.717) is 25.1 Å². The molecular weight excluding hydrogens is 250 g/mol. The molecule has 0 bridgehead atoms. The summed E-state index contributed by atoms with van der Waals surface area (Å²) in [5.41, 5.74) is 9.10. The topological polar surface area (TPSA) is 71.9 Å². The van der Waals surface area contributed by atoms with Crippen LogP contribution in [0.3, 0.4) is 0 Å². The van der Waals surface area contributed by atoms with Gasteiger partial charge in [0, 0.05) is 12.1 Å². The quantitative estimate of drug-likeness (QED) is 0.902. The van der Waals surface area contributed by atoms with E-state index in [9.17, 15) is 0 Å². The molecular formula is C16H17N3O. The monoisotopic (exact) mass is 267 g/mol. The Labute approximate surface area is 118 Å². The summed E-state index contributed by atoms with van der Waals surface area (Å²) in [5.74, 6) is 0.769. The summed E-state index contributed by atoms with van der Waals surface area (Å²) >= 11 is 0. The Kier molecular flexibility index (Phi) is 4.70. The van der Waals surface area contributed by atoms with Crippen molar-refractivity contribution < 1.29 is 4.74 Å². The number of hydrogen-bond donors (Lipinski definition) is 1. The second-order valence-corrected chi connectivity index (χ2v) is 4.53. The van der Waals surface area contributed by atoms with Crippen molar-refractivity contribution in [3.8, 4) is 11.8 Å². The van der Waals surface area contributed by atoms with E-state index in [1.54, 1.807) is 12.1 Å². The average Bonchev–Trinajstić information content (AvgIpc) is 2.47. The molecule has 0 saturated carbocycles. The smallest absolute Gasteiger partial charge is 0.141 e. The van der Waals surface area contributed by atoms with Crippen LogP contribution in [0.4, 0.5) is 0 Å². The fourth-order valence-electron chi connectivity index (χ4n) is 1.88. The lowest BCUT2D eigenvalue weighted by Crippen LogP contribution is -2.08.